The van der Waals surface area contributed by atoms with Crippen molar-refractivity contribution in [1.29, 1.82) is 0 Å². The molecule has 0 saturated heterocycles. The molecular formula is C20H14O2. The zero-order valence-corrected chi connectivity index (χ0v) is 11.9. The number of ketones is 2. The first-order valence-corrected chi connectivity index (χ1v) is 7.72. The maximum atomic E-state index is 12.5. The second-order valence-electron chi connectivity index (χ2n) is 6.40. The average Bonchev–Trinajstić information content (AvgIpc) is 2.58. The van der Waals surface area contributed by atoms with E-state index in [0.717, 1.165) is 11.1 Å². The number of benzene rings is 1. The van der Waals surface area contributed by atoms with E-state index in [9.17, 15) is 9.59 Å². The van der Waals surface area contributed by atoms with Crippen LogP contribution in [0.4, 0.5) is 0 Å². The number of carbonyl (C=O) groups is 2. The summed E-state index contributed by atoms with van der Waals surface area (Å²) in [5.41, 5.74) is 3.95. The maximum absolute atomic E-state index is 12.5. The summed E-state index contributed by atoms with van der Waals surface area (Å²) < 4.78 is 0. The summed E-state index contributed by atoms with van der Waals surface area (Å²) in [6.45, 7) is 0. The van der Waals surface area contributed by atoms with Gasteiger partial charge in [0.2, 0.25) is 0 Å². The lowest BCUT2D eigenvalue weighted by Crippen LogP contribution is -2.43. The highest BCUT2D eigenvalue weighted by Crippen LogP contribution is 2.60. The van der Waals surface area contributed by atoms with E-state index in [1.807, 2.05) is 12.1 Å². The van der Waals surface area contributed by atoms with Crippen LogP contribution in [0.2, 0.25) is 0 Å². The Morgan fingerprint density at radius 3 is 1.59 bits per heavy atom. The molecule has 5 aliphatic rings. The SMILES string of the molecule is O=C1C=CC(=O)C2=C1[C@@H]1c3ccccc3[C@H]2[C@H]2C=CC=C[C@@H]21. The van der Waals surface area contributed by atoms with Crippen LogP contribution in [0, 0.1) is 11.8 Å². The van der Waals surface area contributed by atoms with Crippen LogP contribution in [0.1, 0.15) is 23.0 Å². The summed E-state index contributed by atoms with van der Waals surface area (Å²) in [5.74, 6) is 0.632. The molecule has 1 aromatic carbocycles. The van der Waals surface area contributed by atoms with E-state index < -0.39 is 0 Å². The average molecular weight is 286 g/mol. The Morgan fingerprint density at radius 2 is 1.14 bits per heavy atom. The van der Waals surface area contributed by atoms with Gasteiger partial charge in [-0.1, -0.05) is 48.6 Å². The smallest absolute Gasteiger partial charge is 0.183 e. The van der Waals surface area contributed by atoms with Gasteiger partial charge >= 0.3 is 0 Å². The van der Waals surface area contributed by atoms with Gasteiger partial charge in [-0.3, -0.25) is 9.59 Å². The van der Waals surface area contributed by atoms with Crippen LogP contribution < -0.4 is 0 Å². The minimum absolute atomic E-state index is 0.0144. The molecule has 0 radical (unpaired) electrons. The molecule has 0 aliphatic heterocycles. The van der Waals surface area contributed by atoms with Gasteiger partial charge in [-0.2, -0.15) is 0 Å². The highest BCUT2D eigenvalue weighted by atomic mass is 16.1. The van der Waals surface area contributed by atoms with Crippen molar-refractivity contribution in [3.8, 4) is 0 Å². The Balaban J connectivity index is 1.85. The molecule has 0 N–H and O–H groups in total. The minimum atomic E-state index is 0.0144. The molecular weight excluding hydrogens is 272 g/mol. The van der Waals surface area contributed by atoms with Crippen LogP contribution in [0.15, 0.2) is 71.9 Å². The number of carbonyl (C=O) groups excluding carboxylic acids is 2. The Morgan fingerprint density at radius 1 is 0.682 bits per heavy atom. The number of rotatable bonds is 0. The lowest BCUT2D eigenvalue weighted by atomic mass is 9.52. The molecule has 2 nitrogen and oxygen atoms in total. The normalized spacial score (nSPS) is 33.8. The first kappa shape index (κ1) is 12.1. The molecule has 0 saturated carbocycles. The van der Waals surface area contributed by atoms with E-state index in [2.05, 4.69) is 36.4 Å². The summed E-state index contributed by atoms with van der Waals surface area (Å²) in [6, 6.07) is 8.30. The van der Waals surface area contributed by atoms with Crippen LogP contribution in [-0.2, 0) is 9.59 Å². The second-order valence-corrected chi connectivity index (χ2v) is 6.40. The Labute approximate surface area is 128 Å². The van der Waals surface area contributed by atoms with E-state index in [-0.39, 0.29) is 35.2 Å². The van der Waals surface area contributed by atoms with E-state index in [1.165, 1.54) is 23.3 Å². The third-order valence-electron chi connectivity index (χ3n) is 5.49. The van der Waals surface area contributed by atoms with Gasteiger partial charge in [0, 0.05) is 23.0 Å². The maximum Gasteiger partial charge on any atom is 0.183 e. The van der Waals surface area contributed by atoms with Crippen molar-refractivity contribution < 1.29 is 9.59 Å². The second kappa shape index (κ2) is 4.04. The summed E-state index contributed by atoms with van der Waals surface area (Å²) >= 11 is 0. The van der Waals surface area contributed by atoms with Crippen molar-refractivity contribution in [2.24, 2.45) is 11.8 Å². The standard InChI is InChI=1S/C20H14O2/c21-15-9-10-16(22)20-18-12-6-2-1-5-11(12)17(19(15)20)13-7-3-4-8-14(13)18/h1-12,17-18H/t11-,12-,17-,18+/m0/s1. The van der Waals surface area contributed by atoms with Crippen molar-refractivity contribution in [1.82, 2.24) is 0 Å². The molecule has 106 valence electrons. The molecule has 4 atom stereocenters. The quantitative estimate of drug-likeness (QED) is 0.686. The highest BCUT2D eigenvalue weighted by molar-refractivity contribution is 6.22. The van der Waals surface area contributed by atoms with Gasteiger partial charge in [-0.15, -0.1) is 0 Å². The van der Waals surface area contributed by atoms with Gasteiger partial charge < -0.3 is 0 Å². The van der Waals surface area contributed by atoms with Crippen LogP contribution in [0.5, 0.6) is 0 Å². The van der Waals surface area contributed by atoms with Gasteiger partial charge in [-0.25, -0.2) is 0 Å². The molecule has 6 rings (SSSR count). The number of allylic oxidation sites excluding steroid dienone is 8. The summed E-state index contributed by atoms with van der Waals surface area (Å²) in [5, 5.41) is 0. The van der Waals surface area contributed by atoms with E-state index in [0.29, 0.717) is 0 Å². The van der Waals surface area contributed by atoms with Crippen molar-refractivity contribution in [3.63, 3.8) is 0 Å². The zero-order valence-electron chi connectivity index (χ0n) is 11.9. The lowest BCUT2D eigenvalue weighted by Gasteiger charge is -2.50. The van der Waals surface area contributed by atoms with E-state index in [4.69, 9.17) is 0 Å². The largest absolute Gasteiger partial charge is 0.290 e. The Bertz CT molecular complexity index is 781. The van der Waals surface area contributed by atoms with Crippen molar-refractivity contribution >= 4 is 11.6 Å². The molecule has 0 aromatic heterocycles. The van der Waals surface area contributed by atoms with Crippen LogP contribution in [0.25, 0.3) is 0 Å². The molecule has 0 heterocycles. The Kier molecular flexibility index (Phi) is 2.22. The van der Waals surface area contributed by atoms with Gasteiger partial charge in [0.05, 0.1) is 0 Å². The molecule has 2 bridgehead atoms. The van der Waals surface area contributed by atoms with Crippen molar-refractivity contribution in [2.75, 3.05) is 0 Å². The molecule has 0 fully saturated rings. The first-order chi connectivity index (χ1) is 10.8. The number of hydrogen-bond donors (Lipinski definition) is 0. The van der Waals surface area contributed by atoms with Crippen molar-refractivity contribution in [3.05, 3.63) is 83.0 Å². The molecule has 22 heavy (non-hydrogen) atoms. The predicted molar refractivity (Wildman–Crippen MR) is 83.4 cm³/mol. The third kappa shape index (κ3) is 1.31. The molecule has 0 amide bonds. The van der Waals surface area contributed by atoms with Crippen molar-refractivity contribution in [2.45, 2.75) is 11.8 Å². The Hall–Kier alpha value is -2.48. The topological polar surface area (TPSA) is 34.1 Å². The fraction of sp³-hybridized carbons (Fsp3) is 0.200. The van der Waals surface area contributed by atoms with Crippen LogP contribution >= 0.6 is 0 Å². The number of hydrogen-bond acceptors (Lipinski definition) is 2. The van der Waals surface area contributed by atoms with Gasteiger partial charge in [0.1, 0.15) is 0 Å². The molecule has 0 unspecified atom stereocenters. The summed E-state index contributed by atoms with van der Waals surface area (Å²) in [6.07, 6.45) is 11.4. The van der Waals surface area contributed by atoms with E-state index in [1.54, 1.807) is 0 Å². The minimum Gasteiger partial charge on any atom is -0.290 e. The lowest BCUT2D eigenvalue weighted by molar-refractivity contribution is -0.116. The first-order valence-electron chi connectivity index (χ1n) is 7.72. The molecule has 0 spiro atoms. The third-order valence-corrected chi connectivity index (χ3v) is 5.49. The highest BCUT2D eigenvalue weighted by Gasteiger charge is 2.52. The van der Waals surface area contributed by atoms with Gasteiger partial charge in [0.15, 0.2) is 11.6 Å². The molecule has 2 heteroatoms. The predicted octanol–water partition coefficient (Wildman–Crippen LogP) is 3.24. The van der Waals surface area contributed by atoms with Crippen LogP contribution in [-0.4, -0.2) is 11.6 Å². The summed E-state index contributed by atoms with van der Waals surface area (Å²) in [7, 11) is 0. The molecule has 5 aliphatic carbocycles. The summed E-state index contributed by atoms with van der Waals surface area (Å²) in [4.78, 5) is 25.0. The van der Waals surface area contributed by atoms with Crippen LogP contribution in [0.3, 0.4) is 0 Å². The fourth-order valence-corrected chi connectivity index (χ4v) is 4.73. The monoisotopic (exact) mass is 286 g/mol. The molecule has 1 aromatic rings. The fourth-order valence-electron chi connectivity index (χ4n) is 4.73. The van der Waals surface area contributed by atoms with Gasteiger partial charge in [-0.05, 0) is 35.1 Å². The van der Waals surface area contributed by atoms with E-state index >= 15 is 0 Å². The van der Waals surface area contributed by atoms with Gasteiger partial charge in [0.25, 0.3) is 0 Å². The zero-order chi connectivity index (χ0) is 14.8.